The standard InChI is InChI=1S/C21H22N4O5S/c1-29-20-14-18(23-21(24-20)30-2)25-31(27,28)17-11-9-16(10-12-17)22-19(26)13-8-15-6-4-3-5-7-15/h3-7,9-12,14H,8,13H2,1-2H3,(H,22,26)(H,23,24,25). The Morgan fingerprint density at radius 3 is 2.32 bits per heavy atom. The van der Waals surface area contributed by atoms with Gasteiger partial charge in [0.15, 0.2) is 5.82 Å². The maximum absolute atomic E-state index is 12.7. The second kappa shape index (κ2) is 9.90. The molecule has 0 aliphatic carbocycles. The Bertz CT molecular complexity index is 1110. The minimum atomic E-state index is -3.92. The van der Waals surface area contributed by atoms with E-state index in [0.717, 1.165) is 5.56 Å². The lowest BCUT2D eigenvalue weighted by atomic mass is 10.1. The first-order valence-corrected chi connectivity index (χ1v) is 10.8. The van der Waals surface area contributed by atoms with Crippen molar-refractivity contribution in [3.63, 3.8) is 0 Å². The van der Waals surface area contributed by atoms with Crippen LogP contribution in [0, 0.1) is 0 Å². The molecular formula is C21H22N4O5S. The molecule has 0 aliphatic heterocycles. The van der Waals surface area contributed by atoms with Crippen molar-refractivity contribution in [1.82, 2.24) is 9.97 Å². The minimum absolute atomic E-state index is 0.00184. The number of sulfonamides is 1. The largest absolute Gasteiger partial charge is 0.481 e. The Balaban J connectivity index is 1.64. The van der Waals surface area contributed by atoms with E-state index < -0.39 is 10.0 Å². The molecular weight excluding hydrogens is 420 g/mol. The zero-order valence-electron chi connectivity index (χ0n) is 17.0. The van der Waals surface area contributed by atoms with E-state index in [0.29, 0.717) is 18.5 Å². The highest BCUT2D eigenvalue weighted by Gasteiger charge is 2.17. The highest BCUT2D eigenvalue weighted by molar-refractivity contribution is 7.92. The van der Waals surface area contributed by atoms with Gasteiger partial charge in [-0.05, 0) is 36.2 Å². The topological polar surface area (TPSA) is 120 Å². The number of aryl methyl sites for hydroxylation is 1. The molecule has 10 heteroatoms. The summed E-state index contributed by atoms with van der Waals surface area (Å²) in [7, 11) is -1.16. The van der Waals surface area contributed by atoms with Crippen LogP contribution in [0.5, 0.6) is 11.9 Å². The first kappa shape index (κ1) is 22.0. The summed E-state index contributed by atoms with van der Waals surface area (Å²) >= 11 is 0. The Morgan fingerprint density at radius 1 is 0.968 bits per heavy atom. The summed E-state index contributed by atoms with van der Waals surface area (Å²) < 4.78 is 37.6. The van der Waals surface area contributed by atoms with Crippen molar-refractivity contribution < 1.29 is 22.7 Å². The molecule has 0 saturated carbocycles. The van der Waals surface area contributed by atoms with E-state index in [1.54, 1.807) is 0 Å². The fourth-order valence-corrected chi connectivity index (χ4v) is 3.68. The maximum Gasteiger partial charge on any atom is 0.321 e. The van der Waals surface area contributed by atoms with Crippen LogP contribution >= 0.6 is 0 Å². The van der Waals surface area contributed by atoms with E-state index in [2.05, 4.69) is 20.0 Å². The number of ether oxygens (including phenoxy) is 2. The van der Waals surface area contributed by atoms with Crippen LogP contribution in [0.3, 0.4) is 0 Å². The molecule has 0 spiro atoms. The average Bonchev–Trinajstić information content (AvgIpc) is 2.78. The summed E-state index contributed by atoms with van der Waals surface area (Å²) in [4.78, 5) is 20.0. The number of hydrogen-bond acceptors (Lipinski definition) is 7. The predicted molar refractivity (Wildman–Crippen MR) is 116 cm³/mol. The molecule has 9 nitrogen and oxygen atoms in total. The molecule has 0 fully saturated rings. The monoisotopic (exact) mass is 442 g/mol. The normalized spacial score (nSPS) is 10.9. The van der Waals surface area contributed by atoms with Crippen LogP contribution in [-0.2, 0) is 21.2 Å². The first-order chi connectivity index (χ1) is 14.9. The van der Waals surface area contributed by atoms with Crippen molar-refractivity contribution in [1.29, 1.82) is 0 Å². The van der Waals surface area contributed by atoms with Gasteiger partial charge in [-0.2, -0.15) is 9.97 Å². The molecule has 2 aromatic carbocycles. The summed E-state index contributed by atoms with van der Waals surface area (Å²) in [6.07, 6.45) is 0.942. The number of hydrogen-bond donors (Lipinski definition) is 2. The van der Waals surface area contributed by atoms with Gasteiger partial charge in [-0.25, -0.2) is 8.42 Å². The zero-order valence-corrected chi connectivity index (χ0v) is 17.8. The highest BCUT2D eigenvalue weighted by Crippen LogP contribution is 2.21. The smallest absolute Gasteiger partial charge is 0.321 e. The zero-order chi connectivity index (χ0) is 22.3. The molecule has 3 aromatic rings. The lowest BCUT2D eigenvalue weighted by Crippen LogP contribution is -2.15. The maximum atomic E-state index is 12.7. The van der Waals surface area contributed by atoms with Gasteiger partial charge in [-0.1, -0.05) is 30.3 Å². The highest BCUT2D eigenvalue weighted by atomic mass is 32.2. The van der Waals surface area contributed by atoms with Crippen molar-refractivity contribution in [2.24, 2.45) is 0 Å². The number of benzene rings is 2. The van der Waals surface area contributed by atoms with E-state index in [4.69, 9.17) is 9.47 Å². The Hall–Kier alpha value is -3.66. The number of carbonyl (C=O) groups is 1. The summed E-state index contributed by atoms with van der Waals surface area (Å²) in [6, 6.07) is 16.8. The van der Waals surface area contributed by atoms with Gasteiger partial charge in [-0.3, -0.25) is 9.52 Å². The van der Waals surface area contributed by atoms with Crippen LogP contribution in [-0.4, -0.2) is 38.5 Å². The van der Waals surface area contributed by atoms with E-state index in [9.17, 15) is 13.2 Å². The van der Waals surface area contributed by atoms with Crippen molar-refractivity contribution in [2.75, 3.05) is 24.3 Å². The number of nitrogens with one attached hydrogen (secondary N) is 2. The average molecular weight is 442 g/mol. The third kappa shape index (κ3) is 6.16. The van der Waals surface area contributed by atoms with Gasteiger partial charge in [0.1, 0.15) is 0 Å². The number of aromatic nitrogens is 2. The first-order valence-electron chi connectivity index (χ1n) is 9.33. The predicted octanol–water partition coefficient (Wildman–Crippen LogP) is 2.87. The van der Waals surface area contributed by atoms with Gasteiger partial charge >= 0.3 is 6.01 Å². The van der Waals surface area contributed by atoms with Gasteiger partial charge in [-0.15, -0.1) is 0 Å². The number of nitrogens with zero attached hydrogens (tertiary/aromatic N) is 2. The fourth-order valence-electron chi connectivity index (χ4n) is 2.69. The summed E-state index contributed by atoms with van der Waals surface area (Å²) in [5.74, 6) is -0.00198. The molecule has 1 aromatic heterocycles. The van der Waals surface area contributed by atoms with Crippen molar-refractivity contribution in [3.8, 4) is 11.9 Å². The summed E-state index contributed by atoms with van der Waals surface area (Å²) in [6.45, 7) is 0. The molecule has 0 radical (unpaired) electrons. The third-order valence-electron chi connectivity index (χ3n) is 4.24. The lowest BCUT2D eigenvalue weighted by molar-refractivity contribution is -0.116. The molecule has 0 atom stereocenters. The van der Waals surface area contributed by atoms with Crippen molar-refractivity contribution >= 4 is 27.4 Å². The third-order valence-corrected chi connectivity index (χ3v) is 5.62. The number of amides is 1. The van der Waals surface area contributed by atoms with Crippen LogP contribution in [0.2, 0.25) is 0 Å². The van der Waals surface area contributed by atoms with E-state index in [-0.39, 0.29) is 28.5 Å². The molecule has 2 N–H and O–H groups in total. The minimum Gasteiger partial charge on any atom is -0.481 e. The number of rotatable bonds is 9. The van der Waals surface area contributed by atoms with E-state index >= 15 is 0 Å². The molecule has 0 bridgehead atoms. The Morgan fingerprint density at radius 2 is 1.68 bits per heavy atom. The van der Waals surface area contributed by atoms with Crippen LogP contribution in [0.15, 0.2) is 65.6 Å². The lowest BCUT2D eigenvalue weighted by Gasteiger charge is -2.10. The quantitative estimate of drug-likeness (QED) is 0.523. The van der Waals surface area contributed by atoms with Crippen LogP contribution < -0.4 is 19.5 Å². The molecule has 3 rings (SSSR count). The molecule has 0 saturated heterocycles. The van der Waals surface area contributed by atoms with Crippen molar-refractivity contribution in [3.05, 3.63) is 66.2 Å². The van der Waals surface area contributed by atoms with Gasteiger partial charge in [0, 0.05) is 18.2 Å². The fraction of sp³-hybridized carbons (Fsp3) is 0.190. The molecule has 0 aliphatic rings. The molecule has 31 heavy (non-hydrogen) atoms. The molecule has 1 heterocycles. The SMILES string of the molecule is COc1cc(NS(=O)(=O)c2ccc(NC(=O)CCc3ccccc3)cc2)nc(OC)n1. The summed E-state index contributed by atoms with van der Waals surface area (Å²) in [5.41, 5.74) is 1.57. The van der Waals surface area contributed by atoms with Gasteiger partial charge in [0.2, 0.25) is 11.8 Å². The second-order valence-electron chi connectivity index (χ2n) is 6.45. The van der Waals surface area contributed by atoms with Crippen LogP contribution in [0.1, 0.15) is 12.0 Å². The van der Waals surface area contributed by atoms with E-state index in [1.165, 1.54) is 44.6 Å². The second-order valence-corrected chi connectivity index (χ2v) is 8.13. The number of anilines is 2. The Labute approximate surface area is 180 Å². The van der Waals surface area contributed by atoms with E-state index in [1.807, 2.05) is 30.3 Å². The van der Waals surface area contributed by atoms with Gasteiger partial charge < -0.3 is 14.8 Å². The van der Waals surface area contributed by atoms with Crippen molar-refractivity contribution in [2.45, 2.75) is 17.7 Å². The van der Waals surface area contributed by atoms with Crippen LogP contribution in [0.25, 0.3) is 0 Å². The van der Waals surface area contributed by atoms with Crippen LogP contribution in [0.4, 0.5) is 11.5 Å². The Kier molecular flexibility index (Phi) is 7.03. The molecule has 0 unspecified atom stereocenters. The molecule has 162 valence electrons. The van der Waals surface area contributed by atoms with Gasteiger partial charge in [0.05, 0.1) is 19.1 Å². The number of carbonyl (C=O) groups excluding carboxylic acids is 1. The molecule has 1 amide bonds. The summed E-state index contributed by atoms with van der Waals surface area (Å²) in [5, 5.41) is 2.76. The number of methoxy groups -OCH3 is 2. The van der Waals surface area contributed by atoms with Gasteiger partial charge in [0.25, 0.3) is 10.0 Å².